The minimum Gasteiger partial charge on any atom is -0.303 e. The molecule has 0 saturated heterocycles. The van der Waals surface area contributed by atoms with Crippen molar-refractivity contribution < 1.29 is 4.79 Å². The molecular weight excluding hydrogens is 188 g/mol. The molecule has 1 aromatic rings. The number of benzene rings is 1. The summed E-state index contributed by atoms with van der Waals surface area (Å²) in [6.07, 6.45) is 1.98. The molecule has 3 nitrogen and oxygen atoms in total. The van der Waals surface area contributed by atoms with E-state index in [1.54, 1.807) is 11.2 Å². The SMILES string of the molecule is Cc1ccc(C(=O)C/C=N/N(C)C)cc1. The highest BCUT2D eigenvalue weighted by Crippen LogP contribution is 2.05. The van der Waals surface area contributed by atoms with E-state index in [4.69, 9.17) is 0 Å². The van der Waals surface area contributed by atoms with E-state index in [9.17, 15) is 4.79 Å². The van der Waals surface area contributed by atoms with Crippen molar-refractivity contribution in [2.45, 2.75) is 13.3 Å². The first-order valence-electron chi connectivity index (χ1n) is 4.89. The summed E-state index contributed by atoms with van der Waals surface area (Å²) in [5, 5.41) is 5.66. The summed E-state index contributed by atoms with van der Waals surface area (Å²) < 4.78 is 0. The lowest BCUT2D eigenvalue weighted by Crippen LogP contribution is -2.04. The van der Waals surface area contributed by atoms with Crippen molar-refractivity contribution in [3.05, 3.63) is 35.4 Å². The third-order valence-corrected chi connectivity index (χ3v) is 1.96. The van der Waals surface area contributed by atoms with Gasteiger partial charge in [-0.05, 0) is 6.92 Å². The highest BCUT2D eigenvalue weighted by Gasteiger charge is 2.02. The Labute approximate surface area is 90.4 Å². The van der Waals surface area contributed by atoms with E-state index >= 15 is 0 Å². The van der Waals surface area contributed by atoms with Gasteiger partial charge in [0.05, 0.1) is 0 Å². The van der Waals surface area contributed by atoms with Crippen molar-refractivity contribution in [3.8, 4) is 0 Å². The van der Waals surface area contributed by atoms with Gasteiger partial charge in [-0.25, -0.2) is 0 Å². The van der Waals surface area contributed by atoms with E-state index in [0.717, 1.165) is 11.1 Å². The van der Waals surface area contributed by atoms with Crippen LogP contribution in [0.1, 0.15) is 22.3 Å². The Balaban J connectivity index is 2.58. The van der Waals surface area contributed by atoms with Crippen LogP contribution in [0.2, 0.25) is 0 Å². The lowest BCUT2D eigenvalue weighted by atomic mass is 10.1. The van der Waals surface area contributed by atoms with Gasteiger partial charge in [0, 0.05) is 32.3 Å². The van der Waals surface area contributed by atoms with Crippen molar-refractivity contribution in [3.63, 3.8) is 0 Å². The molecule has 0 amide bonds. The number of hydrogen-bond acceptors (Lipinski definition) is 3. The average Bonchev–Trinajstić information content (AvgIpc) is 2.18. The van der Waals surface area contributed by atoms with Gasteiger partial charge in [-0.1, -0.05) is 29.8 Å². The van der Waals surface area contributed by atoms with Crippen LogP contribution < -0.4 is 0 Å². The Hall–Kier alpha value is -1.64. The van der Waals surface area contributed by atoms with E-state index in [2.05, 4.69) is 5.10 Å². The standard InChI is InChI=1S/C12H16N2O/c1-10-4-6-11(7-5-10)12(15)8-9-13-14(2)3/h4-7,9H,8H2,1-3H3/b13-9+. The number of Topliss-reactive ketones (excluding diaryl/α,β-unsaturated/α-hetero) is 1. The molecule has 0 fully saturated rings. The lowest BCUT2D eigenvalue weighted by molar-refractivity contribution is 0.100. The Morgan fingerprint density at radius 3 is 2.47 bits per heavy atom. The van der Waals surface area contributed by atoms with E-state index in [-0.39, 0.29) is 5.78 Å². The molecule has 1 aromatic carbocycles. The smallest absolute Gasteiger partial charge is 0.168 e. The topological polar surface area (TPSA) is 32.7 Å². The first-order chi connectivity index (χ1) is 7.09. The number of carbonyl (C=O) groups is 1. The van der Waals surface area contributed by atoms with Gasteiger partial charge in [0.15, 0.2) is 5.78 Å². The van der Waals surface area contributed by atoms with Gasteiger partial charge in [0.1, 0.15) is 0 Å². The fraction of sp³-hybridized carbons (Fsp3) is 0.333. The lowest BCUT2D eigenvalue weighted by Gasteiger charge is -2.02. The maximum Gasteiger partial charge on any atom is 0.168 e. The first kappa shape index (κ1) is 11.4. The number of hydrogen-bond donors (Lipinski definition) is 0. The highest BCUT2D eigenvalue weighted by atomic mass is 16.1. The van der Waals surface area contributed by atoms with Gasteiger partial charge in [-0.15, -0.1) is 0 Å². The zero-order valence-electron chi connectivity index (χ0n) is 9.40. The van der Waals surface area contributed by atoms with Crippen LogP contribution in [-0.2, 0) is 0 Å². The molecule has 1 rings (SSSR count). The molecule has 0 radical (unpaired) electrons. The predicted molar refractivity (Wildman–Crippen MR) is 62.3 cm³/mol. The fourth-order valence-corrected chi connectivity index (χ4v) is 1.14. The molecule has 0 saturated carbocycles. The van der Waals surface area contributed by atoms with Crippen molar-refractivity contribution in [2.75, 3.05) is 14.1 Å². The molecule has 0 aliphatic heterocycles. The maximum atomic E-state index is 11.6. The molecule has 80 valence electrons. The van der Waals surface area contributed by atoms with Gasteiger partial charge in [0.25, 0.3) is 0 Å². The average molecular weight is 204 g/mol. The summed E-state index contributed by atoms with van der Waals surface area (Å²) in [6, 6.07) is 7.58. The molecule has 0 aliphatic rings. The molecule has 0 bridgehead atoms. The predicted octanol–water partition coefficient (Wildman–Crippen LogP) is 2.12. The van der Waals surface area contributed by atoms with Crippen LogP contribution in [0, 0.1) is 6.92 Å². The Morgan fingerprint density at radius 1 is 1.33 bits per heavy atom. The highest BCUT2D eigenvalue weighted by molar-refractivity contribution is 6.03. The minimum absolute atomic E-state index is 0.0978. The fourth-order valence-electron chi connectivity index (χ4n) is 1.14. The second-order valence-electron chi connectivity index (χ2n) is 3.64. The molecule has 0 unspecified atom stereocenters. The summed E-state index contributed by atoms with van der Waals surface area (Å²) in [5.41, 5.74) is 1.90. The van der Waals surface area contributed by atoms with Crippen LogP contribution in [0.3, 0.4) is 0 Å². The molecule has 0 aliphatic carbocycles. The number of carbonyl (C=O) groups excluding carboxylic acids is 1. The van der Waals surface area contributed by atoms with Gasteiger partial charge in [0.2, 0.25) is 0 Å². The van der Waals surface area contributed by atoms with Gasteiger partial charge in [-0.3, -0.25) is 4.79 Å². The van der Waals surface area contributed by atoms with Gasteiger partial charge in [-0.2, -0.15) is 5.10 Å². The number of rotatable bonds is 4. The van der Waals surface area contributed by atoms with Crippen molar-refractivity contribution in [1.29, 1.82) is 0 Å². The molecule has 0 atom stereocenters. The van der Waals surface area contributed by atoms with Gasteiger partial charge >= 0.3 is 0 Å². The van der Waals surface area contributed by atoms with E-state index in [1.807, 2.05) is 45.3 Å². The number of hydrazone groups is 1. The monoisotopic (exact) mass is 204 g/mol. The largest absolute Gasteiger partial charge is 0.303 e. The van der Waals surface area contributed by atoms with Crippen LogP contribution in [0.4, 0.5) is 0 Å². The van der Waals surface area contributed by atoms with Crippen molar-refractivity contribution in [2.24, 2.45) is 5.10 Å². The molecule has 0 N–H and O–H groups in total. The maximum absolute atomic E-state index is 11.6. The van der Waals surface area contributed by atoms with Crippen LogP contribution in [-0.4, -0.2) is 31.1 Å². The van der Waals surface area contributed by atoms with E-state index in [1.165, 1.54) is 0 Å². The van der Waals surface area contributed by atoms with Crippen LogP contribution in [0.5, 0.6) is 0 Å². The summed E-state index contributed by atoms with van der Waals surface area (Å²) >= 11 is 0. The van der Waals surface area contributed by atoms with Crippen molar-refractivity contribution >= 4 is 12.0 Å². The summed E-state index contributed by atoms with van der Waals surface area (Å²) in [7, 11) is 3.65. The number of ketones is 1. The van der Waals surface area contributed by atoms with Crippen LogP contribution in [0.15, 0.2) is 29.4 Å². The summed E-state index contributed by atoms with van der Waals surface area (Å²) in [5.74, 6) is 0.0978. The van der Waals surface area contributed by atoms with Crippen LogP contribution >= 0.6 is 0 Å². The second-order valence-corrected chi connectivity index (χ2v) is 3.64. The minimum atomic E-state index is 0.0978. The second kappa shape index (κ2) is 5.29. The Kier molecular flexibility index (Phi) is 4.03. The first-order valence-corrected chi connectivity index (χ1v) is 4.89. The Morgan fingerprint density at radius 2 is 1.93 bits per heavy atom. The third kappa shape index (κ3) is 3.94. The molecular formula is C12H16N2O. The van der Waals surface area contributed by atoms with Crippen LogP contribution in [0.25, 0.3) is 0 Å². The molecule has 0 spiro atoms. The van der Waals surface area contributed by atoms with E-state index in [0.29, 0.717) is 6.42 Å². The van der Waals surface area contributed by atoms with Crippen molar-refractivity contribution in [1.82, 2.24) is 5.01 Å². The quantitative estimate of drug-likeness (QED) is 0.427. The normalized spacial score (nSPS) is 10.6. The molecule has 0 heterocycles. The number of aryl methyl sites for hydroxylation is 1. The Bertz CT molecular complexity index is 352. The summed E-state index contributed by atoms with van der Waals surface area (Å²) in [4.78, 5) is 11.6. The molecule has 15 heavy (non-hydrogen) atoms. The molecule has 3 heteroatoms. The van der Waals surface area contributed by atoms with Gasteiger partial charge < -0.3 is 5.01 Å². The zero-order chi connectivity index (χ0) is 11.3. The molecule has 0 aromatic heterocycles. The summed E-state index contributed by atoms with van der Waals surface area (Å²) in [6.45, 7) is 2.00. The third-order valence-electron chi connectivity index (χ3n) is 1.96. The number of nitrogens with zero attached hydrogens (tertiary/aromatic N) is 2. The van der Waals surface area contributed by atoms with E-state index < -0.39 is 0 Å². The zero-order valence-corrected chi connectivity index (χ0v) is 9.40.